The average Bonchev–Trinajstić information content (AvgIpc) is 3.58. The number of hydrogen-bond donors (Lipinski definition) is 3. The molecule has 90 heavy (non-hydrogen) atoms. The van der Waals surface area contributed by atoms with Crippen molar-refractivity contribution in [2.45, 2.75) is 387 Å². The number of aliphatic hydroxyl groups is 1. The summed E-state index contributed by atoms with van der Waals surface area (Å²) >= 11 is 0. The van der Waals surface area contributed by atoms with Crippen LogP contribution < -0.4 is 0 Å². The van der Waals surface area contributed by atoms with Gasteiger partial charge < -0.3 is 33.8 Å². The maximum absolute atomic E-state index is 13.0. The van der Waals surface area contributed by atoms with Gasteiger partial charge >= 0.3 is 39.5 Å². The summed E-state index contributed by atoms with van der Waals surface area (Å²) in [4.78, 5) is 72.4. The summed E-state index contributed by atoms with van der Waals surface area (Å²) in [5.74, 6) is -1.35. The van der Waals surface area contributed by atoms with Crippen LogP contribution in [0.15, 0.2) is 0 Å². The SMILES string of the molecule is CCCCCCCCCCCCCCCCCCCCCCC(=O)O[C@H](COC(=O)CCCCCCCCCCC(C)CC)COP(=O)(O)OC[C@@H](O)COP(=O)(O)OC[C@@H](COC(=O)CCCCCCCCCCC)OC(=O)CCCCCCCCCCC. The number of phosphoric acid groups is 2. The van der Waals surface area contributed by atoms with E-state index in [4.69, 9.17) is 37.0 Å². The summed E-state index contributed by atoms with van der Waals surface area (Å²) in [7, 11) is -9.89. The molecule has 17 nitrogen and oxygen atoms in total. The van der Waals surface area contributed by atoms with E-state index in [0.717, 1.165) is 95.8 Å². The summed E-state index contributed by atoms with van der Waals surface area (Å²) < 4.78 is 68.2. The van der Waals surface area contributed by atoms with Gasteiger partial charge in [-0.2, -0.15) is 0 Å². The van der Waals surface area contributed by atoms with Crippen molar-refractivity contribution in [2.75, 3.05) is 39.6 Å². The van der Waals surface area contributed by atoms with Gasteiger partial charge in [-0.15, -0.1) is 0 Å². The Kier molecular flexibility index (Phi) is 63.0. The fraction of sp³-hybridized carbons (Fsp3) is 0.944. The van der Waals surface area contributed by atoms with E-state index in [1.54, 1.807) is 0 Å². The molecule has 0 fully saturated rings. The number of unbranched alkanes of at least 4 members (excludes halogenated alkanes) is 42. The second-order valence-corrected chi connectivity index (χ2v) is 28.8. The minimum absolute atomic E-state index is 0.106. The third-order valence-electron chi connectivity index (χ3n) is 16.9. The van der Waals surface area contributed by atoms with Gasteiger partial charge in [-0.25, -0.2) is 9.13 Å². The Labute approximate surface area is 549 Å². The van der Waals surface area contributed by atoms with E-state index in [2.05, 4.69) is 34.6 Å². The molecule has 0 spiro atoms. The van der Waals surface area contributed by atoms with E-state index in [9.17, 15) is 43.2 Å². The standard InChI is InChI=1S/C71H138O17P2/c1-6-10-13-16-19-22-23-24-25-26-27-28-29-30-31-32-35-42-47-52-57-71(76)88-67(61-82-69(74)55-50-45-40-37-36-38-43-48-53-64(5)9-4)63-86-90(79,80)84-59-65(72)58-83-89(77,78)85-62-66(87-70(75)56-51-46-41-34-21-18-15-12-8-3)60-81-68(73)54-49-44-39-33-20-17-14-11-7-2/h64-67,72H,6-63H2,1-5H3,(H,77,78)(H,79,80)/t64?,65-,66+,67+/m0/s1. The number of hydrogen-bond acceptors (Lipinski definition) is 15. The van der Waals surface area contributed by atoms with E-state index in [0.29, 0.717) is 25.7 Å². The lowest BCUT2D eigenvalue weighted by molar-refractivity contribution is -0.161. The minimum atomic E-state index is -4.95. The number of ether oxygens (including phenoxy) is 4. The molecule has 19 heteroatoms. The van der Waals surface area contributed by atoms with Crippen molar-refractivity contribution in [2.24, 2.45) is 5.92 Å². The number of carbonyl (C=O) groups is 4. The Bertz CT molecular complexity index is 1740. The zero-order valence-corrected chi connectivity index (χ0v) is 60.1. The van der Waals surface area contributed by atoms with Crippen molar-refractivity contribution in [1.82, 2.24) is 0 Å². The lowest BCUT2D eigenvalue weighted by Gasteiger charge is -2.21. The molecule has 0 radical (unpaired) electrons. The van der Waals surface area contributed by atoms with Crippen molar-refractivity contribution < 1.29 is 80.2 Å². The first kappa shape index (κ1) is 88.1. The third-order valence-corrected chi connectivity index (χ3v) is 18.8. The number of carbonyl (C=O) groups excluding carboxylic acids is 4. The summed E-state index contributed by atoms with van der Waals surface area (Å²) in [6.07, 6.45) is 51.4. The van der Waals surface area contributed by atoms with E-state index in [1.165, 1.54) is 193 Å². The molecule has 0 aromatic heterocycles. The molecule has 0 saturated heterocycles. The average molecular weight is 1330 g/mol. The molecule has 0 aromatic rings. The van der Waals surface area contributed by atoms with Crippen LogP contribution in [0.3, 0.4) is 0 Å². The summed E-state index contributed by atoms with van der Waals surface area (Å²) in [6.45, 7) is 7.22. The van der Waals surface area contributed by atoms with Gasteiger partial charge in [-0.3, -0.25) is 37.3 Å². The predicted octanol–water partition coefficient (Wildman–Crippen LogP) is 20.5. The number of phosphoric ester groups is 2. The van der Waals surface area contributed by atoms with Crippen molar-refractivity contribution in [3.63, 3.8) is 0 Å². The lowest BCUT2D eigenvalue weighted by Crippen LogP contribution is -2.30. The molecule has 534 valence electrons. The topological polar surface area (TPSA) is 237 Å². The Hall–Kier alpha value is -1.94. The van der Waals surface area contributed by atoms with Crippen molar-refractivity contribution in [1.29, 1.82) is 0 Å². The smallest absolute Gasteiger partial charge is 0.462 e. The Balaban J connectivity index is 5.17. The second-order valence-electron chi connectivity index (χ2n) is 25.9. The molecular formula is C71H138O17P2. The monoisotopic (exact) mass is 1320 g/mol. The van der Waals surface area contributed by atoms with Crippen LogP contribution in [0.2, 0.25) is 0 Å². The van der Waals surface area contributed by atoms with Gasteiger partial charge in [0.1, 0.15) is 19.3 Å². The molecule has 0 amide bonds. The number of aliphatic hydroxyl groups excluding tert-OH is 1. The van der Waals surface area contributed by atoms with Crippen LogP contribution in [0.25, 0.3) is 0 Å². The van der Waals surface area contributed by atoms with Crippen molar-refractivity contribution in [3.8, 4) is 0 Å². The molecule has 3 unspecified atom stereocenters. The first-order valence-electron chi connectivity index (χ1n) is 37.2. The van der Waals surface area contributed by atoms with Crippen LogP contribution in [0.5, 0.6) is 0 Å². The first-order valence-corrected chi connectivity index (χ1v) is 40.2. The Morgan fingerprint density at radius 3 is 0.789 bits per heavy atom. The van der Waals surface area contributed by atoms with E-state index in [-0.39, 0.29) is 25.7 Å². The van der Waals surface area contributed by atoms with E-state index < -0.39 is 97.5 Å². The van der Waals surface area contributed by atoms with Crippen molar-refractivity contribution >= 4 is 39.5 Å². The van der Waals surface area contributed by atoms with E-state index >= 15 is 0 Å². The predicted molar refractivity (Wildman–Crippen MR) is 363 cm³/mol. The lowest BCUT2D eigenvalue weighted by atomic mass is 9.99. The molecule has 0 aliphatic rings. The van der Waals surface area contributed by atoms with Gasteiger partial charge in [0.25, 0.3) is 0 Å². The second kappa shape index (κ2) is 64.4. The van der Waals surface area contributed by atoms with Crippen LogP contribution in [-0.2, 0) is 65.4 Å². The maximum Gasteiger partial charge on any atom is 0.472 e. The first-order chi connectivity index (χ1) is 43.6. The zero-order chi connectivity index (χ0) is 66.3. The molecule has 3 N–H and O–H groups in total. The highest BCUT2D eigenvalue weighted by Gasteiger charge is 2.30. The highest BCUT2D eigenvalue weighted by Crippen LogP contribution is 2.45. The van der Waals surface area contributed by atoms with Gasteiger partial charge in [0.2, 0.25) is 0 Å². The third kappa shape index (κ3) is 63.5. The Morgan fingerprint density at radius 2 is 0.533 bits per heavy atom. The molecule has 0 aromatic carbocycles. The van der Waals surface area contributed by atoms with Gasteiger partial charge in [-0.1, -0.05) is 317 Å². The molecule has 0 heterocycles. The minimum Gasteiger partial charge on any atom is -0.462 e. The molecule has 0 aliphatic carbocycles. The molecule has 6 atom stereocenters. The maximum atomic E-state index is 13.0. The van der Waals surface area contributed by atoms with Crippen LogP contribution >= 0.6 is 15.6 Å². The molecule has 0 aliphatic heterocycles. The van der Waals surface area contributed by atoms with Gasteiger partial charge in [-0.05, 0) is 31.6 Å². The summed E-state index contributed by atoms with van der Waals surface area (Å²) in [5, 5.41) is 10.6. The molecule has 0 bridgehead atoms. The van der Waals surface area contributed by atoms with Gasteiger partial charge in [0.05, 0.1) is 26.4 Å². The van der Waals surface area contributed by atoms with Crippen LogP contribution in [0, 0.1) is 5.92 Å². The van der Waals surface area contributed by atoms with Crippen LogP contribution in [0.4, 0.5) is 0 Å². The van der Waals surface area contributed by atoms with Crippen molar-refractivity contribution in [3.05, 3.63) is 0 Å². The normalized spacial score (nSPS) is 14.4. The number of esters is 4. The fourth-order valence-electron chi connectivity index (χ4n) is 10.8. The van der Waals surface area contributed by atoms with Gasteiger partial charge in [0, 0.05) is 25.7 Å². The molecule has 0 rings (SSSR count). The van der Waals surface area contributed by atoms with Crippen LogP contribution in [-0.4, -0.2) is 96.7 Å². The largest absolute Gasteiger partial charge is 0.472 e. The summed E-state index contributed by atoms with van der Waals surface area (Å²) in [6, 6.07) is 0. The summed E-state index contributed by atoms with van der Waals surface area (Å²) in [5.41, 5.74) is 0. The van der Waals surface area contributed by atoms with Crippen LogP contribution in [0.1, 0.15) is 369 Å². The highest BCUT2D eigenvalue weighted by molar-refractivity contribution is 7.47. The van der Waals surface area contributed by atoms with E-state index in [1.807, 2.05) is 0 Å². The Morgan fingerprint density at radius 1 is 0.311 bits per heavy atom. The molecular weight excluding hydrogens is 1190 g/mol. The highest BCUT2D eigenvalue weighted by atomic mass is 31.2. The number of rotatable bonds is 71. The molecule has 0 saturated carbocycles. The zero-order valence-electron chi connectivity index (χ0n) is 58.3. The fourth-order valence-corrected chi connectivity index (χ4v) is 12.4. The quantitative estimate of drug-likeness (QED) is 0.0222. The van der Waals surface area contributed by atoms with Gasteiger partial charge in [0.15, 0.2) is 12.2 Å².